The third-order valence-corrected chi connectivity index (χ3v) is 6.52. The van der Waals surface area contributed by atoms with Gasteiger partial charge in [-0.3, -0.25) is 9.48 Å². The van der Waals surface area contributed by atoms with E-state index in [1.54, 1.807) is 41.9 Å². The highest BCUT2D eigenvalue weighted by molar-refractivity contribution is 5.95. The Balaban J connectivity index is 1.50. The number of aromatic nitrogens is 6. The van der Waals surface area contributed by atoms with Crippen molar-refractivity contribution in [2.45, 2.75) is 51.8 Å². The third kappa shape index (κ3) is 7.17. The minimum atomic E-state index is -1.33. The molecule has 1 atom stereocenters. The zero-order valence-electron chi connectivity index (χ0n) is 25.4. The van der Waals surface area contributed by atoms with E-state index in [1.807, 2.05) is 64.3 Å². The summed E-state index contributed by atoms with van der Waals surface area (Å²) in [6.45, 7) is 7.61. The van der Waals surface area contributed by atoms with Gasteiger partial charge in [0.15, 0.2) is 5.60 Å². The summed E-state index contributed by atoms with van der Waals surface area (Å²) in [6.07, 6.45) is 6.08. The Morgan fingerprint density at radius 3 is 2.39 bits per heavy atom. The van der Waals surface area contributed by atoms with Crippen LogP contribution in [0, 0.1) is 0 Å². The summed E-state index contributed by atoms with van der Waals surface area (Å²) in [7, 11) is 3.51. The van der Waals surface area contributed by atoms with E-state index in [-0.39, 0.29) is 35.7 Å². The first-order chi connectivity index (χ1) is 20.9. The lowest BCUT2D eigenvalue weighted by atomic mass is 9.96. The van der Waals surface area contributed by atoms with Crippen molar-refractivity contribution in [2.75, 3.05) is 7.05 Å². The number of hydrogen-bond acceptors (Lipinski definition) is 10. The normalized spacial score (nSPS) is 12.9. The summed E-state index contributed by atoms with van der Waals surface area (Å²) in [5.74, 6) is 0.0228. The van der Waals surface area contributed by atoms with Crippen LogP contribution in [0.3, 0.4) is 0 Å². The predicted octanol–water partition coefficient (Wildman–Crippen LogP) is 4.77. The van der Waals surface area contributed by atoms with Crippen molar-refractivity contribution < 1.29 is 23.2 Å². The number of alkyl carbamates (subject to hydrolysis) is 1. The lowest BCUT2D eigenvalue weighted by Gasteiger charge is -2.29. The number of carbonyl (C=O) groups is 2. The minimum Gasteiger partial charge on any atom is -0.443 e. The lowest BCUT2D eigenvalue weighted by molar-refractivity contribution is -0.00123. The first-order valence-corrected chi connectivity index (χ1v) is 13.9. The second-order valence-corrected chi connectivity index (χ2v) is 11.7. The summed E-state index contributed by atoms with van der Waals surface area (Å²) >= 11 is 0. The molecule has 5 aromatic rings. The van der Waals surface area contributed by atoms with Gasteiger partial charge in [0.25, 0.3) is 17.7 Å². The molecule has 0 aliphatic carbocycles. The summed E-state index contributed by atoms with van der Waals surface area (Å²) in [5.41, 5.74) is 0.749. The van der Waals surface area contributed by atoms with E-state index in [1.165, 1.54) is 12.5 Å². The molecule has 4 aromatic heterocycles. The molecular formula is C31H34N8O5. The number of benzene rings is 1. The first-order valence-electron chi connectivity index (χ1n) is 13.9. The second-order valence-electron chi connectivity index (χ2n) is 11.7. The fourth-order valence-electron chi connectivity index (χ4n) is 4.56. The molecule has 4 heterocycles. The van der Waals surface area contributed by atoms with Crippen LogP contribution in [-0.2, 0) is 30.4 Å². The highest BCUT2D eigenvalue weighted by atomic mass is 16.6. The number of nitrogens with zero attached hydrogens (tertiary/aromatic N) is 7. The Bertz CT molecular complexity index is 1740. The molecule has 2 amide bonds. The standard InChI is InChI=1S/C31H34N8O5/c1-30(2,3)35-29(41)44-31(4,16-20-10-8-7-9-11-20)28-37-36-26(43-28)24-15-22(14-23(34-24)25-32-12-13-42-25)27(40)38(5)18-21-17-33-39(6)19-21/h7-15,17,19H,16,18H2,1-6H3,(H,35,41)/t31-/m1/s1. The molecule has 44 heavy (non-hydrogen) atoms. The Morgan fingerprint density at radius 1 is 1.02 bits per heavy atom. The van der Waals surface area contributed by atoms with E-state index >= 15 is 0 Å². The number of carbonyl (C=O) groups excluding carboxylic acids is 2. The van der Waals surface area contributed by atoms with E-state index < -0.39 is 17.2 Å². The molecular weight excluding hydrogens is 564 g/mol. The smallest absolute Gasteiger partial charge is 0.408 e. The molecule has 0 saturated carbocycles. The van der Waals surface area contributed by atoms with Gasteiger partial charge in [-0.25, -0.2) is 14.8 Å². The van der Waals surface area contributed by atoms with Crippen LogP contribution < -0.4 is 5.32 Å². The molecule has 13 heteroatoms. The largest absolute Gasteiger partial charge is 0.443 e. The summed E-state index contributed by atoms with van der Waals surface area (Å²) in [6, 6.07) is 12.7. The summed E-state index contributed by atoms with van der Waals surface area (Å²) in [4.78, 5) is 36.8. The first kappa shape index (κ1) is 30.1. The molecule has 0 saturated heterocycles. The van der Waals surface area contributed by atoms with Crippen molar-refractivity contribution in [1.29, 1.82) is 0 Å². The fourth-order valence-corrected chi connectivity index (χ4v) is 4.56. The van der Waals surface area contributed by atoms with Crippen molar-refractivity contribution in [3.8, 4) is 23.2 Å². The van der Waals surface area contributed by atoms with E-state index in [9.17, 15) is 9.59 Å². The highest BCUT2D eigenvalue weighted by Gasteiger charge is 2.38. The van der Waals surface area contributed by atoms with Crippen molar-refractivity contribution in [3.63, 3.8) is 0 Å². The number of ether oxygens (including phenoxy) is 1. The summed E-state index contributed by atoms with van der Waals surface area (Å²) < 4.78 is 19.2. The van der Waals surface area contributed by atoms with Crippen LogP contribution in [0.15, 0.2) is 76.2 Å². The number of rotatable bonds is 9. The molecule has 0 aliphatic heterocycles. The number of oxazole rings is 1. The molecule has 0 spiro atoms. The zero-order chi connectivity index (χ0) is 31.5. The van der Waals surface area contributed by atoms with Gasteiger partial charge in [0.2, 0.25) is 5.89 Å². The van der Waals surface area contributed by atoms with Crippen LogP contribution >= 0.6 is 0 Å². The molecule has 1 aromatic carbocycles. The lowest BCUT2D eigenvalue weighted by Crippen LogP contribution is -2.45. The number of hydrogen-bond donors (Lipinski definition) is 1. The van der Waals surface area contributed by atoms with Gasteiger partial charge in [-0.1, -0.05) is 30.3 Å². The van der Waals surface area contributed by atoms with Crippen LogP contribution in [0.5, 0.6) is 0 Å². The number of aryl methyl sites for hydroxylation is 1. The van der Waals surface area contributed by atoms with Gasteiger partial charge in [0.1, 0.15) is 17.7 Å². The molecule has 0 aliphatic rings. The van der Waals surface area contributed by atoms with Gasteiger partial charge >= 0.3 is 6.09 Å². The average Bonchev–Trinajstić information content (AvgIpc) is 3.74. The molecule has 0 bridgehead atoms. The maximum atomic E-state index is 13.6. The second kappa shape index (κ2) is 12.1. The van der Waals surface area contributed by atoms with Crippen LogP contribution in [0.25, 0.3) is 23.2 Å². The van der Waals surface area contributed by atoms with Crippen LogP contribution in [-0.4, -0.2) is 59.4 Å². The fraction of sp³-hybridized carbons (Fsp3) is 0.323. The van der Waals surface area contributed by atoms with Crippen LogP contribution in [0.1, 0.15) is 55.1 Å². The van der Waals surface area contributed by atoms with Crippen molar-refractivity contribution in [3.05, 3.63) is 89.9 Å². The quantitative estimate of drug-likeness (QED) is 0.251. The van der Waals surface area contributed by atoms with Crippen LogP contribution in [0.2, 0.25) is 0 Å². The number of pyridine rings is 1. The van der Waals surface area contributed by atoms with Crippen molar-refractivity contribution in [1.82, 2.24) is 40.2 Å². The maximum absolute atomic E-state index is 13.6. The maximum Gasteiger partial charge on any atom is 0.408 e. The van der Waals surface area contributed by atoms with Crippen molar-refractivity contribution in [2.24, 2.45) is 7.05 Å². The van der Waals surface area contributed by atoms with Gasteiger partial charge in [0, 0.05) is 49.9 Å². The van der Waals surface area contributed by atoms with E-state index in [4.69, 9.17) is 13.6 Å². The van der Waals surface area contributed by atoms with E-state index in [0.29, 0.717) is 17.8 Å². The van der Waals surface area contributed by atoms with E-state index in [2.05, 4.69) is 30.6 Å². The Kier molecular flexibility index (Phi) is 8.30. The Hall–Kier alpha value is -5.33. The molecule has 1 N–H and O–H groups in total. The Morgan fingerprint density at radius 2 is 1.75 bits per heavy atom. The molecule has 13 nitrogen and oxygen atoms in total. The molecule has 228 valence electrons. The SMILES string of the molecule is CN(Cc1cnn(C)c1)C(=O)c1cc(-c2ncco2)nc(-c2nnc([C@@](C)(Cc3ccccc3)OC(=O)NC(C)(C)C)o2)c1. The molecule has 0 radical (unpaired) electrons. The topological polar surface area (TPSA) is 154 Å². The number of amides is 2. The predicted molar refractivity (Wildman–Crippen MR) is 159 cm³/mol. The van der Waals surface area contributed by atoms with Gasteiger partial charge in [-0.2, -0.15) is 5.10 Å². The molecule has 0 unspecified atom stereocenters. The van der Waals surface area contributed by atoms with Crippen LogP contribution in [0.4, 0.5) is 4.79 Å². The highest BCUT2D eigenvalue weighted by Crippen LogP contribution is 2.32. The van der Waals surface area contributed by atoms with Gasteiger partial charge in [-0.05, 0) is 45.4 Å². The average molecular weight is 599 g/mol. The summed E-state index contributed by atoms with van der Waals surface area (Å²) in [5, 5.41) is 15.5. The monoisotopic (exact) mass is 598 g/mol. The Labute approximate surface area is 254 Å². The van der Waals surface area contributed by atoms with E-state index in [0.717, 1.165) is 11.1 Å². The van der Waals surface area contributed by atoms with Gasteiger partial charge in [0.05, 0.1) is 12.4 Å². The molecule has 0 fully saturated rings. The zero-order valence-corrected chi connectivity index (χ0v) is 25.4. The minimum absolute atomic E-state index is 0.0245. The van der Waals surface area contributed by atoms with Crippen molar-refractivity contribution >= 4 is 12.0 Å². The molecule has 5 rings (SSSR count). The van der Waals surface area contributed by atoms with Gasteiger partial charge < -0.3 is 23.8 Å². The number of nitrogens with one attached hydrogen (secondary N) is 1. The van der Waals surface area contributed by atoms with Gasteiger partial charge in [-0.15, -0.1) is 10.2 Å². The third-order valence-electron chi connectivity index (χ3n) is 6.52.